The first-order chi connectivity index (χ1) is 6.93. The molecule has 1 rings (SSSR count). The van der Waals surface area contributed by atoms with Gasteiger partial charge < -0.3 is 24.3 Å². The fourth-order valence-electron chi connectivity index (χ4n) is 0.860. The van der Waals surface area contributed by atoms with Crippen LogP contribution in [0, 0.1) is 0 Å². The molecule has 1 saturated heterocycles. The number of rotatable bonds is 5. The second-order valence-electron chi connectivity index (χ2n) is 2.92. The van der Waals surface area contributed by atoms with Crippen LogP contribution in [0.4, 0.5) is 0 Å². The lowest BCUT2D eigenvalue weighted by molar-refractivity contribution is 0.219. The standard InChI is InChI=1S/C3H9O10P3/c1-2-3(11-2)14(4,5)12-16(9,10)13-15(6,7)8/h2-3H,1H3,(H,4,5)(H,9,10)(H2,6,7,8)/t2-,3-/m0/s1. The van der Waals surface area contributed by atoms with Gasteiger partial charge in [0.15, 0.2) is 5.85 Å². The van der Waals surface area contributed by atoms with Gasteiger partial charge in [0, 0.05) is 0 Å². The zero-order valence-electron chi connectivity index (χ0n) is 7.73. The van der Waals surface area contributed by atoms with Crippen molar-refractivity contribution in [3.63, 3.8) is 0 Å². The summed E-state index contributed by atoms with van der Waals surface area (Å²) in [6, 6.07) is 0. The molecular weight excluding hydrogens is 289 g/mol. The van der Waals surface area contributed by atoms with Gasteiger partial charge in [0.1, 0.15) is 0 Å². The van der Waals surface area contributed by atoms with Crippen molar-refractivity contribution in [2.45, 2.75) is 18.9 Å². The van der Waals surface area contributed by atoms with Crippen LogP contribution in [0.3, 0.4) is 0 Å². The molecule has 1 aliphatic rings. The first-order valence-corrected chi connectivity index (χ1v) is 8.39. The van der Waals surface area contributed by atoms with Crippen molar-refractivity contribution >= 4 is 23.2 Å². The molecule has 0 radical (unpaired) electrons. The second kappa shape index (κ2) is 4.26. The monoisotopic (exact) mass is 298 g/mol. The molecule has 0 spiro atoms. The van der Waals surface area contributed by atoms with Gasteiger partial charge in [-0.15, -0.1) is 0 Å². The Morgan fingerprint density at radius 3 is 1.81 bits per heavy atom. The first-order valence-electron chi connectivity index (χ1n) is 3.72. The van der Waals surface area contributed by atoms with E-state index < -0.39 is 35.2 Å². The van der Waals surface area contributed by atoms with E-state index in [9.17, 15) is 13.7 Å². The molecule has 13 heteroatoms. The van der Waals surface area contributed by atoms with E-state index in [0.29, 0.717) is 0 Å². The molecule has 0 aromatic rings. The van der Waals surface area contributed by atoms with Crippen LogP contribution in [0.5, 0.6) is 0 Å². The molecule has 0 aliphatic carbocycles. The lowest BCUT2D eigenvalue weighted by Gasteiger charge is -2.14. The normalized spacial score (nSPS) is 32.8. The highest BCUT2D eigenvalue weighted by molar-refractivity contribution is 7.68. The molecule has 0 aromatic heterocycles. The Kier molecular flexibility index (Phi) is 3.85. The van der Waals surface area contributed by atoms with Gasteiger partial charge >= 0.3 is 23.2 Å². The van der Waals surface area contributed by atoms with Crippen LogP contribution >= 0.6 is 23.2 Å². The number of phosphoric acid groups is 2. The number of ether oxygens (including phenoxy) is 1. The predicted octanol–water partition coefficient (Wildman–Crippen LogP) is 0.143. The van der Waals surface area contributed by atoms with E-state index in [2.05, 4.69) is 13.4 Å². The molecule has 1 heterocycles. The average Bonchev–Trinajstić information content (AvgIpc) is 2.57. The maximum Gasteiger partial charge on any atom is 0.488 e. The molecular formula is C3H9O10P3. The van der Waals surface area contributed by atoms with Crippen molar-refractivity contribution < 1.29 is 46.6 Å². The van der Waals surface area contributed by atoms with Gasteiger partial charge in [0.05, 0.1) is 6.10 Å². The van der Waals surface area contributed by atoms with Gasteiger partial charge in [0.25, 0.3) is 0 Å². The van der Waals surface area contributed by atoms with Crippen molar-refractivity contribution in [3.8, 4) is 0 Å². The zero-order valence-corrected chi connectivity index (χ0v) is 10.4. The van der Waals surface area contributed by atoms with E-state index in [1.54, 1.807) is 0 Å². The molecule has 0 aromatic carbocycles. The van der Waals surface area contributed by atoms with Crippen molar-refractivity contribution in [1.29, 1.82) is 0 Å². The minimum Gasteiger partial charge on any atom is -0.356 e. The number of hydrogen-bond acceptors (Lipinski definition) is 6. The van der Waals surface area contributed by atoms with Gasteiger partial charge in [-0.25, -0.2) is 13.4 Å². The summed E-state index contributed by atoms with van der Waals surface area (Å²) < 4.78 is 44.0. The smallest absolute Gasteiger partial charge is 0.356 e. The van der Waals surface area contributed by atoms with Crippen molar-refractivity contribution in [3.05, 3.63) is 0 Å². The fourth-order valence-corrected chi connectivity index (χ4v) is 4.75. The van der Waals surface area contributed by atoms with Crippen LogP contribution in [-0.4, -0.2) is 31.5 Å². The summed E-state index contributed by atoms with van der Waals surface area (Å²) in [4.78, 5) is 34.3. The molecule has 10 nitrogen and oxygen atoms in total. The number of hydrogen-bond donors (Lipinski definition) is 4. The molecule has 4 N–H and O–H groups in total. The highest BCUT2D eigenvalue weighted by Gasteiger charge is 2.54. The van der Waals surface area contributed by atoms with Crippen molar-refractivity contribution in [2.75, 3.05) is 0 Å². The third-order valence-corrected chi connectivity index (χ3v) is 6.05. The van der Waals surface area contributed by atoms with E-state index in [1.807, 2.05) is 0 Å². The van der Waals surface area contributed by atoms with Gasteiger partial charge in [0.2, 0.25) is 0 Å². The summed E-state index contributed by atoms with van der Waals surface area (Å²) in [7, 11) is -15.3. The lowest BCUT2D eigenvalue weighted by Crippen LogP contribution is -1.98. The highest BCUT2D eigenvalue weighted by atomic mass is 31.3. The SMILES string of the molecule is C[C@@H]1O[C@H]1P(=O)(O)OP(=O)(O)OP(=O)(O)O. The highest BCUT2D eigenvalue weighted by Crippen LogP contribution is 2.70. The molecule has 16 heavy (non-hydrogen) atoms. The molecule has 96 valence electrons. The zero-order chi connectivity index (χ0) is 12.8. The largest absolute Gasteiger partial charge is 0.488 e. The van der Waals surface area contributed by atoms with E-state index in [4.69, 9.17) is 19.6 Å². The van der Waals surface area contributed by atoms with E-state index in [0.717, 1.165) is 0 Å². The molecule has 0 amide bonds. The van der Waals surface area contributed by atoms with Gasteiger partial charge in [-0.05, 0) is 6.92 Å². The van der Waals surface area contributed by atoms with Crippen LogP contribution in [0.2, 0.25) is 0 Å². The van der Waals surface area contributed by atoms with E-state index in [-0.39, 0.29) is 0 Å². The van der Waals surface area contributed by atoms with Gasteiger partial charge in [-0.3, -0.25) is 4.57 Å². The maximum absolute atomic E-state index is 11.2. The summed E-state index contributed by atoms with van der Waals surface area (Å²) in [6.45, 7) is 1.41. The van der Waals surface area contributed by atoms with Crippen molar-refractivity contribution in [1.82, 2.24) is 0 Å². The van der Waals surface area contributed by atoms with Crippen molar-refractivity contribution in [2.24, 2.45) is 0 Å². The van der Waals surface area contributed by atoms with Crippen LogP contribution in [0.1, 0.15) is 6.92 Å². The fraction of sp³-hybridized carbons (Fsp3) is 1.00. The third kappa shape index (κ3) is 4.35. The average molecular weight is 298 g/mol. The Balaban J connectivity index is 2.69. The van der Waals surface area contributed by atoms with E-state index >= 15 is 0 Å². The maximum atomic E-state index is 11.2. The molecule has 1 aliphatic heterocycles. The Hall–Kier alpha value is 0.410. The van der Waals surface area contributed by atoms with E-state index in [1.165, 1.54) is 6.92 Å². The summed E-state index contributed by atoms with van der Waals surface area (Å²) in [5, 5.41) is 0. The summed E-state index contributed by atoms with van der Waals surface area (Å²) in [5.41, 5.74) is 0. The van der Waals surface area contributed by atoms with Gasteiger partial charge in [-0.2, -0.15) is 4.31 Å². The topological polar surface area (TPSA) is 163 Å². The first kappa shape index (κ1) is 14.5. The predicted molar refractivity (Wildman–Crippen MR) is 48.2 cm³/mol. The quantitative estimate of drug-likeness (QED) is 0.405. The summed E-state index contributed by atoms with van der Waals surface area (Å²) >= 11 is 0. The molecule has 2 unspecified atom stereocenters. The Morgan fingerprint density at radius 2 is 1.50 bits per heavy atom. The lowest BCUT2D eigenvalue weighted by atomic mass is 10.6. The third-order valence-electron chi connectivity index (χ3n) is 1.43. The molecule has 1 fully saturated rings. The molecule has 4 atom stereocenters. The molecule has 0 bridgehead atoms. The minimum atomic E-state index is -5.33. The van der Waals surface area contributed by atoms with Crippen LogP contribution in [0.15, 0.2) is 0 Å². The molecule has 0 saturated carbocycles. The second-order valence-corrected chi connectivity index (χ2v) is 7.78. The summed E-state index contributed by atoms with van der Waals surface area (Å²) in [6.07, 6.45) is -0.647. The summed E-state index contributed by atoms with van der Waals surface area (Å²) in [5.74, 6) is -1.30. The van der Waals surface area contributed by atoms with Crippen LogP contribution < -0.4 is 0 Å². The van der Waals surface area contributed by atoms with Crippen LogP contribution in [0.25, 0.3) is 0 Å². The van der Waals surface area contributed by atoms with Gasteiger partial charge in [-0.1, -0.05) is 0 Å². The Bertz CT molecular complexity index is 410. The number of epoxide rings is 1. The Morgan fingerprint density at radius 1 is 1.06 bits per heavy atom. The van der Waals surface area contributed by atoms with Crippen LogP contribution in [-0.2, 0) is 27.1 Å². The Labute approximate surface area is 89.5 Å². The minimum absolute atomic E-state index is 0.647.